The third-order valence-electron chi connectivity index (χ3n) is 3.82. The van der Waals surface area contributed by atoms with Gasteiger partial charge in [-0.05, 0) is 25.3 Å². The topological polar surface area (TPSA) is 83.9 Å². The first-order valence-electron chi connectivity index (χ1n) is 6.45. The van der Waals surface area contributed by atoms with Gasteiger partial charge in [0.25, 0.3) is 0 Å². The molecule has 8 heteroatoms. The molecule has 0 spiro atoms. The van der Waals surface area contributed by atoms with Crippen molar-refractivity contribution in [1.29, 1.82) is 0 Å². The van der Waals surface area contributed by atoms with Crippen LogP contribution in [0.4, 0.5) is 0 Å². The highest BCUT2D eigenvalue weighted by Gasteiger charge is 2.42. The average molecular weight is 317 g/mol. The monoisotopic (exact) mass is 317 g/mol. The Bertz CT molecular complexity index is 624. The lowest BCUT2D eigenvalue weighted by Gasteiger charge is -2.36. The van der Waals surface area contributed by atoms with E-state index in [1.807, 2.05) is 0 Å². The molecule has 1 aliphatic heterocycles. The summed E-state index contributed by atoms with van der Waals surface area (Å²) in [6, 6.07) is 1.13. The molecule has 1 saturated heterocycles. The number of rotatable bonds is 3. The van der Waals surface area contributed by atoms with Crippen molar-refractivity contribution in [3.05, 3.63) is 16.3 Å². The molecule has 0 radical (unpaired) electrons. The summed E-state index contributed by atoms with van der Waals surface area (Å²) in [5.41, 5.74) is 0. The van der Waals surface area contributed by atoms with Gasteiger partial charge in [-0.2, -0.15) is 4.31 Å². The molecule has 3 rings (SSSR count). The lowest BCUT2D eigenvalue weighted by molar-refractivity contribution is -0.0241. The van der Waals surface area contributed by atoms with Gasteiger partial charge in [-0.15, -0.1) is 11.3 Å². The second-order valence-corrected chi connectivity index (χ2v) is 7.78. The van der Waals surface area contributed by atoms with E-state index in [0.29, 0.717) is 13.2 Å². The summed E-state index contributed by atoms with van der Waals surface area (Å²) < 4.78 is 32.4. The number of carboxylic acids is 1. The Hall–Kier alpha value is -0.960. The molecular weight excluding hydrogens is 302 g/mol. The van der Waals surface area contributed by atoms with Gasteiger partial charge in [0.15, 0.2) is 0 Å². The summed E-state index contributed by atoms with van der Waals surface area (Å²) in [6.45, 7) is 0.734. The van der Waals surface area contributed by atoms with E-state index < -0.39 is 16.0 Å². The second kappa shape index (κ2) is 5.10. The molecule has 2 unspecified atom stereocenters. The number of hydrogen-bond donors (Lipinski definition) is 1. The number of morpholine rings is 1. The molecule has 110 valence electrons. The Morgan fingerprint density at radius 3 is 2.95 bits per heavy atom. The molecule has 20 heavy (non-hydrogen) atoms. The van der Waals surface area contributed by atoms with Crippen molar-refractivity contribution in [1.82, 2.24) is 4.31 Å². The first-order valence-corrected chi connectivity index (χ1v) is 8.77. The van der Waals surface area contributed by atoms with Gasteiger partial charge in [-0.1, -0.05) is 0 Å². The molecule has 0 bridgehead atoms. The molecule has 2 atom stereocenters. The van der Waals surface area contributed by atoms with Crippen molar-refractivity contribution in [2.24, 2.45) is 0 Å². The summed E-state index contributed by atoms with van der Waals surface area (Å²) in [5.74, 6) is -1.10. The standard InChI is InChI=1S/C12H15NO5S2/c14-12(15)11-6-8(7-19-11)20(16,17)13-4-5-18-10-3-1-2-9(10)13/h6-7,9-10H,1-5H2,(H,14,15). The Morgan fingerprint density at radius 2 is 2.25 bits per heavy atom. The van der Waals surface area contributed by atoms with E-state index in [1.165, 1.54) is 15.8 Å². The van der Waals surface area contributed by atoms with E-state index in [1.54, 1.807) is 0 Å². The summed E-state index contributed by atoms with van der Waals surface area (Å²) in [4.78, 5) is 11.0. The van der Waals surface area contributed by atoms with E-state index in [4.69, 9.17) is 9.84 Å². The van der Waals surface area contributed by atoms with Crippen LogP contribution in [0.2, 0.25) is 0 Å². The predicted octanol–water partition coefficient (Wildman–Crippen LogP) is 1.39. The van der Waals surface area contributed by atoms with E-state index in [0.717, 1.165) is 30.6 Å². The van der Waals surface area contributed by atoms with Gasteiger partial charge in [0, 0.05) is 11.9 Å². The largest absolute Gasteiger partial charge is 0.477 e. The molecule has 0 aromatic carbocycles. The van der Waals surface area contributed by atoms with Crippen LogP contribution in [0.25, 0.3) is 0 Å². The van der Waals surface area contributed by atoms with Gasteiger partial charge in [0.2, 0.25) is 10.0 Å². The minimum atomic E-state index is -3.63. The zero-order valence-electron chi connectivity index (χ0n) is 10.7. The van der Waals surface area contributed by atoms with Crippen LogP contribution >= 0.6 is 11.3 Å². The number of carboxylic acid groups (broad SMARTS) is 1. The number of aromatic carboxylic acids is 1. The fourth-order valence-electron chi connectivity index (χ4n) is 2.89. The molecular formula is C12H15NO5S2. The van der Waals surface area contributed by atoms with Gasteiger partial charge in [0.1, 0.15) is 4.88 Å². The number of nitrogens with zero attached hydrogens (tertiary/aromatic N) is 1. The van der Waals surface area contributed by atoms with Gasteiger partial charge in [0.05, 0.1) is 23.6 Å². The van der Waals surface area contributed by atoms with E-state index >= 15 is 0 Å². The first-order chi connectivity index (χ1) is 9.50. The van der Waals surface area contributed by atoms with Crippen molar-refractivity contribution in [2.75, 3.05) is 13.2 Å². The van der Waals surface area contributed by atoms with Crippen molar-refractivity contribution >= 4 is 27.3 Å². The maximum absolute atomic E-state index is 12.6. The van der Waals surface area contributed by atoms with Gasteiger partial charge >= 0.3 is 5.97 Å². The van der Waals surface area contributed by atoms with Crippen LogP contribution in [0.15, 0.2) is 16.3 Å². The fourth-order valence-corrected chi connectivity index (χ4v) is 5.65. The quantitative estimate of drug-likeness (QED) is 0.910. The van der Waals surface area contributed by atoms with Crippen molar-refractivity contribution < 1.29 is 23.1 Å². The van der Waals surface area contributed by atoms with Crippen LogP contribution in [0.5, 0.6) is 0 Å². The van der Waals surface area contributed by atoms with E-state index in [9.17, 15) is 13.2 Å². The molecule has 2 heterocycles. The molecule has 0 amide bonds. The Balaban J connectivity index is 1.92. The molecule has 2 fully saturated rings. The van der Waals surface area contributed by atoms with Crippen LogP contribution in [0.1, 0.15) is 28.9 Å². The Kier molecular flexibility index (Phi) is 3.57. The minimum absolute atomic E-state index is 0.0175. The number of ether oxygens (including phenoxy) is 1. The smallest absolute Gasteiger partial charge is 0.345 e. The third kappa shape index (κ3) is 2.26. The second-order valence-electron chi connectivity index (χ2n) is 4.98. The van der Waals surface area contributed by atoms with Crippen molar-refractivity contribution in [3.63, 3.8) is 0 Å². The summed E-state index contributed by atoms with van der Waals surface area (Å²) >= 11 is 0.937. The number of fused-ring (bicyclic) bond motifs is 1. The molecule has 1 N–H and O–H groups in total. The lowest BCUT2D eigenvalue weighted by Crippen LogP contribution is -2.51. The fraction of sp³-hybridized carbons (Fsp3) is 0.583. The van der Waals surface area contributed by atoms with Crippen LogP contribution in [-0.4, -0.2) is 49.1 Å². The van der Waals surface area contributed by atoms with Gasteiger partial charge in [-0.3, -0.25) is 0 Å². The van der Waals surface area contributed by atoms with Crippen molar-refractivity contribution in [3.8, 4) is 0 Å². The summed E-state index contributed by atoms with van der Waals surface area (Å²) in [5, 5.41) is 10.3. The predicted molar refractivity (Wildman–Crippen MR) is 72.5 cm³/mol. The number of carbonyl (C=O) groups is 1. The Labute approximate surface area is 121 Å². The normalized spacial score (nSPS) is 27.4. The number of sulfonamides is 1. The zero-order valence-corrected chi connectivity index (χ0v) is 12.3. The summed E-state index contributed by atoms with van der Waals surface area (Å²) in [7, 11) is -3.63. The van der Waals surface area contributed by atoms with E-state index in [-0.39, 0.29) is 21.9 Å². The number of hydrogen-bond acceptors (Lipinski definition) is 5. The molecule has 1 aromatic rings. The van der Waals surface area contributed by atoms with Crippen LogP contribution in [0, 0.1) is 0 Å². The van der Waals surface area contributed by atoms with Crippen LogP contribution in [-0.2, 0) is 14.8 Å². The lowest BCUT2D eigenvalue weighted by atomic mass is 10.2. The zero-order chi connectivity index (χ0) is 14.3. The first kappa shape index (κ1) is 14.0. The molecule has 1 saturated carbocycles. The number of thiophene rings is 1. The molecule has 2 aliphatic rings. The summed E-state index contributed by atoms with van der Waals surface area (Å²) in [6.07, 6.45) is 2.64. The average Bonchev–Trinajstić information content (AvgIpc) is 3.07. The maximum Gasteiger partial charge on any atom is 0.345 e. The molecule has 1 aliphatic carbocycles. The third-order valence-corrected chi connectivity index (χ3v) is 6.79. The highest BCUT2D eigenvalue weighted by atomic mass is 32.2. The highest BCUT2D eigenvalue weighted by Crippen LogP contribution is 2.34. The maximum atomic E-state index is 12.6. The SMILES string of the molecule is O=C(O)c1cc(S(=O)(=O)N2CCOC3CCCC32)cs1. The van der Waals surface area contributed by atoms with Crippen molar-refractivity contribution in [2.45, 2.75) is 36.3 Å². The van der Waals surface area contributed by atoms with Crippen LogP contribution in [0.3, 0.4) is 0 Å². The highest BCUT2D eigenvalue weighted by molar-refractivity contribution is 7.89. The Morgan fingerprint density at radius 1 is 1.45 bits per heavy atom. The minimum Gasteiger partial charge on any atom is -0.477 e. The van der Waals surface area contributed by atoms with Gasteiger partial charge < -0.3 is 9.84 Å². The van der Waals surface area contributed by atoms with E-state index in [2.05, 4.69) is 0 Å². The molecule has 1 aromatic heterocycles. The molecule has 6 nitrogen and oxygen atoms in total. The van der Waals surface area contributed by atoms with Gasteiger partial charge in [-0.25, -0.2) is 13.2 Å². The van der Waals surface area contributed by atoms with Crippen LogP contribution < -0.4 is 0 Å².